The molecule has 1 saturated heterocycles. The fourth-order valence-electron chi connectivity index (χ4n) is 3.19. The van der Waals surface area contributed by atoms with Gasteiger partial charge in [0.25, 0.3) is 0 Å². The molecule has 0 aliphatic carbocycles. The highest BCUT2D eigenvalue weighted by molar-refractivity contribution is 5.91. The molecule has 1 fully saturated rings. The Morgan fingerprint density at radius 2 is 2.00 bits per heavy atom. The first-order valence-corrected chi connectivity index (χ1v) is 7.15. The van der Waals surface area contributed by atoms with Gasteiger partial charge < -0.3 is 10.2 Å². The topological polar surface area (TPSA) is 49.4 Å². The van der Waals surface area contributed by atoms with E-state index in [-0.39, 0.29) is 23.4 Å². The van der Waals surface area contributed by atoms with E-state index in [2.05, 4.69) is 31.3 Å². The number of fused-ring (bicyclic) bond motifs is 1. The maximum absolute atomic E-state index is 12.7. The van der Waals surface area contributed by atoms with E-state index in [4.69, 9.17) is 0 Å². The number of hydrogen-bond acceptors (Lipinski definition) is 2. The summed E-state index contributed by atoms with van der Waals surface area (Å²) in [4.78, 5) is 25.9. The second kappa shape index (κ2) is 4.62. The van der Waals surface area contributed by atoms with Gasteiger partial charge in [-0.25, -0.2) is 0 Å². The van der Waals surface area contributed by atoms with E-state index in [0.29, 0.717) is 19.4 Å². The van der Waals surface area contributed by atoms with Gasteiger partial charge in [0.15, 0.2) is 0 Å². The number of hydrogen-bond donors (Lipinski definition) is 1. The zero-order valence-corrected chi connectivity index (χ0v) is 12.0. The molecular weight excluding hydrogens is 252 g/mol. The molecule has 1 aromatic rings. The molecular formula is C16H20N2O2. The summed E-state index contributed by atoms with van der Waals surface area (Å²) in [6.07, 6.45) is 1.93. The summed E-state index contributed by atoms with van der Waals surface area (Å²) in [6.45, 7) is 4.82. The lowest BCUT2D eigenvalue weighted by molar-refractivity contribution is -0.141. The van der Waals surface area contributed by atoms with Crippen LogP contribution in [0.15, 0.2) is 24.3 Å². The Labute approximate surface area is 119 Å². The van der Waals surface area contributed by atoms with Gasteiger partial charge in [-0.05, 0) is 37.8 Å². The van der Waals surface area contributed by atoms with Crippen LogP contribution >= 0.6 is 0 Å². The number of amides is 2. The fourth-order valence-corrected chi connectivity index (χ4v) is 3.19. The van der Waals surface area contributed by atoms with Crippen LogP contribution in [0.2, 0.25) is 0 Å². The third kappa shape index (κ3) is 2.19. The first-order valence-electron chi connectivity index (χ1n) is 7.15. The molecule has 2 aliphatic rings. The van der Waals surface area contributed by atoms with E-state index in [9.17, 15) is 9.59 Å². The predicted octanol–water partition coefficient (Wildman–Crippen LogP) is 1.63. The molecule has 3 rings (SSSR count). The number of carbonyl (C=O) groups excluding carboxylic acids is 2. The van der Waals surface area contributed by atoms with Crippen LogP contribution in [0.5, 0.6) is 0 Å². The van der Waals surface area contributed by atoms with Crippen LogP contribution in [0.4, 0.5) is 0 Å². The summed E-state index contributed by atoms with van der Waals surface area (Å²) in [5.41, 5.74) is 2.32. The van der Waals surface area contributed by atoms with Crippen molar-refractivity contribution >= 4 is 11.8 Å². The highest BCUT2D eigenvalue weighted by Gasteiger charge is 2.40. The number of benzene rings is 1. The minimum atomic E-state index is -0.341. The Balaban J connectivity index is 1.86. The summed E-state index contributed by atoms with van der Waals surface area (Å²) in [7, 11) is 0. The molecule has 0 spiro atoms. The minimum absolute atomic E-state index is 0.0152. The molecule has 2 heterocycles. The normalized spacial score (nSPS) is 24.2. The van der Waals surface area contributed by atoms with Crippen molar-refractivity contribution in [2.45, 2.75) is 51.2 Å². The van der Waals surface area contributed by atoms with E-state index in [1.54, 1.807) is 0 Å². The van der Waals surface area contributed by atoms with Crippen molar-refractivity contribution in [3.63, 3.8) is 0 Å². The fraction of sp³-hybridized carbons (Fsp3) is 0.500. The van der Waals surface area contributed by atoms with Crippen molar-refractivity contribution in [1.29, 1.82) is 0 Å². The first kappa shape index (κ1) is 13.2. The quantitative estimate of drug-likeness (QED) is 0.844. The molecule has 4 nitrogen and oxygen atoms in total. The summed E-state index contributed by atoms with van der Waals surface area (Å²) in [5.74, 6) is 0.0360. The van der Waals surface area contributed by atoms with Crippen LogP contribution in [-0.4, -0.2) is 28.3 Å². The molecule has 20 heavy (non-hydrogen) atoms. The Bertz CT molecular complexity index is 565. The van der Waals surface area contributed by atoms with E-state index in [0.717, 1.165) is 6.42 Å². The van der Waals surface area contributed by atoms with E-state index < -0.39 is 0 Å². The molecule has 1 N–H and O–H groups in total. The Hall–Kier alpha value is -1.84. The number of rotatable bonds is 1. The van der Waals surface area contributed by atoms with Gasteiger partial charge in [0, 0.05) is 18.5 Å². The zero-order chi connectivity index (χ0) is 14.3. The standard InChI is InChI=1S/C16H20N2O2/c1-16(2)9-11-5-3-4-6-12(11)10-18(16)15(20)13-7-8-14(19)17-13/h3-6,13H,7-10H2,1-2H3,(H,17,19). The smallest absolute Gasteiger partial charge is 0.245 e. The Morgan fingerprint density at radius 1 is 1.30 bits per heavy atom. The number of carbonyl (C=O) groups is 2. The van der Waals surface area contributed by atoms with E-state index >= 15 is 0 Å². The summed E-state index contributed by atoms with van der Waals surface area (Å²) < 4.78 is 0. The summed E-state index contributed by atoms with van der Waals surface area (Å²) in [6, 6.07) is 7.93. The third-order valence-corrected chi connectivity index (χ3v) is 4.36. The maximum atomic E-state index is 12.7. The average molecular weight is 272 g/mol. The molecule has 2 amide bonds. The summed E-state index contributed by atoms with van der Waals surface area (Å²) in [5, 5.41) is 2.78. The van der Waals surface area contributed by atoms with Crippen LogP contribution in [0, 0.1) is 0 Å². The third-order valence-electron chi connectivity index (χ3n) is 4.36. The second-order valence-electron chi connectivity index (χ2n) is 6.34. The molecule has 1 atom stereocenters. The van der Waals surface area contributed by atoms with Crippen molar-refractivity contribution in [1.82, 2.24) is 10.2 Å². The van der Waals surface area contributed by atoms with Gasteiger partial charge in [-0.1, -0.05) is 24.3 Å². The highest BCUT2D eigenvalue weighted by Crippen LogP contribution is 2.31. The SMILES string of the molecule is CC1(C)Cc2ccccc2CN1C(=O)C1CCC(=O)N1. The van der Waals surface area contributed by atoms with Crippen LogP contribution in [0.3, 0.4) is 0 Å². The molecule has 0 radical (unpaired) electrons. The Morgan fingerprint density at radius 3 is 2.65 bits per heavy atom. The lowest BCUT2D eigenvalue weighted by atomic mass is 9.85. The van der Waals surface area contributed by atoms with Crippen molar-refractivity contribution in [2.75, 3.05) is 0 Å². The largest absolute Gasteiger partial charge is 0.344 e. The van der Waals surface area contributed by atoms with Gasteiger partial charge >= 0.3 is 0 Å². The molecule has 0 bridgehead atoms. The van der Waals surface area contributed by atoms with Gasteiger partial charge in [0.05, 0.1) is 0 Å². The van der Waals surface area contributed by atoms with Crippen LogP contribution in [0.25, 0.3) is 0 Å². The molecule has 1 aromatic carbocycles. The van der Waals surface area contributed by atoms with Crippen molar-refractivity contribution in [2.24, 2.45) is 0 Å². The molecule has 4 heteroatoms. The van der Waals surface area contributed by atoms with Crippen molar-refractivity contribution in [3.05, 3.63) is 35.4 Å². The lowest BCUT2D eigenvalue weighted by Gasteiger charge is -2.44. The van der Waals surface area contributed by atoms with Gasteiger partial charge in [-0.15, -0.1) is 0 Å². The Kier molecular flexibility index (Phi) is 3.04. The highest BCUT2D eigenvalue weighted by atomic mass is 16.2. The van der Waals surface area contributed by atoms with Gasteiger partial charge in [0.1, 0.15) is 6.04 Å². The molecule has 2 aliphatic heterocycles. The molecule has 106 valence electrons. The monoisotopic (exact) mass is 272 g/mol. The van der Waals surface area contributed by atoms with Gasteiger partial charge in [-0.2, -0.15) is 0 Å². The maximum Gasteiger partial charge on any atom is 0.245 e. The number of nitrogens with one attached hydrogen (secondary N) is 1. The van der Waals surface area contributed by atoms with Crippen molar-refractivity contribution in [3.8, 4) is 0 Å². The first-order chi connectivity index (χ1) is 9.47. The average Bonchev–Trinajstić information content (AvgIpc) is 2.83. The number of nitrogens with zero attached hydrogens (tertiary/aromatic N) is 1. The van der Waals surface area contributed by atoms with Crippen LogP contribution < -0.4 is 5.32 Å². The lowest BCUT2D eigenvalue weighted by Crippen LogP contribution is -2.56. The van der Waals surface area contributed by atoms with Crippen LogP contribution in [-0.2, 0) is 22.6 Å². The van der Waals surface area contributed by atoms with Gasteiger partial charge in [0.2, 0.25) is 11.8 Å². The summed E-state index contributed by atoms with van der Waals surface area (Å²) >= 11 is 0. The van der Waals surface area contributed by atoms with Crippen LogP contribution in [0.1, 0.15) is 37.8 Å². The van der Waals surface area contributed by atoms with Gasteiger partial charge in [-0.3, -0.25) is 9.59 Å². The second-order valence-corrected chi connectivity index (χ2v) is 6.34. The zero-order valence-electron chi connectivity index (χ0n) is 12.0. The van der Waals surface area contributed by atoms with E-state index in [1.165, 1.54) is 11.1 Å². The van der Waals surface area contributed by atoms with E-state index in [1.807, 2.05) is 17.0 Å². The molecule has 1 unspecified atom stereocenters. The van der Waals surface area contributed by atoms with Crippen molar-refractivity contribution < 1.29 is 9.59 Å². The minimum Gasteiger partial charge on any atom is -0.344 e. The molecule has 0 saturated carbocycles. The predicted molar refractivity (Wildman–Crippen MR) is 75.9 cm³/mol. The molecule has 0 aromatic heterocycles.